The van der Waals surface area contributed by atoms with E-state index in [1.54, 1.807) is 31.4 Å². The van der Waals surface area contributed by atoms with Crippen molar-refractivity contribution >= 4 is 27.5 Å². The van der Waals surface area contributed by atoms with E-state index in [2.05, 4.69) is 36.7 Å². The number of aryl methyl sites for hydroxylation is 1. The van der Waals surface area contributed by atoms with Crippen LogP contribution < -0.4 is 14.3 Å². The summed E-state index contributed by atoms with van der Waals surface area (Å²) in [6.07, 6.45) is 2.76. The Morgan fingerprint density at radius 3 is 2.70 bits per heavy atom. The number of allylic oxidation sites excluding steroid dienone is 1. The van der Waals surface area contributed by atoms with Gasteiger partial charge in [0.2, 0.25) is 0 Å². The summed E-state index contributed by atoms with van der Waals surface area (Å²) in [5, 5.41) is 0. The molecule has 0 spiro atoms. The van der Waals surface area contributed by atoms with Crippen molar-refractivity contribution in [3.8, 4) is 11.5 Å². The number of hydrogen-bond acceptors (Lipinski definition) is 4. The molecule has 0 aliphatic heterocycles. The van der Waals surface area contributed by atoms with Crippen LogP contribution in [-0.4, -0.2) is 24.7 Å². The summed E-state index contributed by atoms with van der Waals surface area (Å²) >= 11 is 1.50. The van der Waals surface area contributed by atoms with E-state index in [0.717, 1.165) is 16.6 Å². The van der Waals surface area contributed by atoms with Crippen LogP contribution in [0.4, 0.5) is 0 Å². The first-order valence-electron chi connectivity index (χ1n) is 8.65. The van der Waals surface area contributed by atoms with Gasteiger partial charge >= 0.3 is 0 Å². The molecule has 3 rings (SSSR count). The van der Waals surface area contributed by atoms with E-state index in [-0.39, 0.29) is 5.91 Å². The minimum Gasteiger partial charge on any atom is -0.497 e. The molecule has 0 unspecified atom stereocenters. The van der Waals surface area contributed by atoms with E-state index in [9.17, 15) is 4.79 Å². The van der Waals surface area contributed by atoms with E-state index in [1.165, 1.54) is 24.0 Å². The van der Waals surface area contributed by atoms with E-state index < -0.39 is 0 Å². The quantitative estimate of drug-likeness (QED) is 0.600. The number of benzene rings is 2. The third kappa shape index (κ3) is 3.80. The highest BCUT2D eigenvalue weighted by atomic mass is 32.1. The Labute approximate surface area is 162 Å². The van der Waals surface area contributed by atoms with Gasteiger partial charge in [-0.2, -0.15) is 4.99 Å². The predicted molar refractivity (Wildman–Crippen MR) is 109 cm³/mol. The van der Waals surface area contributed by atoms with Crippen LogP contribution in [0.3, 0.4) is 0 Å². The maximum atomic E-state index is 12.9. The summed E-state index contributed by atoms with van der Waals surface area (Å²) in [5.74, 6) is 0.678. The highest BCUT2D eigenvalue weighted by Gasteiger charge is 2.14. The summed E-state index contributed by atoms with van der Waals surface area (Å²) in [6, 6.07) is 11.4. The second-order valence-corrected chi connectivity index (χ2v) is 6.93. The Kier molecular flexibility index (Phi) is 5.76. The zero-order valence-corrected chi connectivity index (χ0v) is 16.5. The summed E-state index contributed by atoms with van der Waals surface area (Å²) in [5.41, 5.74) is 2.66. The fourth-order valence-corrected chi connectivity index (χ4v) is 3.96. The molecular weight excluding hydrogens is 360 g/mol. The van der Waals surface area contributed by atoms with Gasteiger partial charge in [0.25, 0.3) is 5.91 Å². The predicted octanol–water partition coefficient (Wildman–Crippen LogP) is 4.21. The van der Waals surface area contributed by atoms with Gasteiger partial charge < -0.3 is 14.0 Å². The Morgan fingerprint density at radius 2 is 2.04 bits per heavy atom. The maximum Gasteiger partial charge on any atom is 0.283 e. The molecule has 0 aliphatic rings. The molecule has 1 amide bonds. The monoisotopic (exact) mass is 382 g/mol. The number of ether oxygens (including phenoxy) is 2. The molecule has 1 heterocycles. The van der Waals surface area contributed by atoms with Crippen LogP contribution >= 0.6 is 11.3 Å². The van der Waals surface area contributed by atoms with Gasteiger partial charge in [-0.3, -0.25) is 4.79 Å². The lowest BCUT2D eigenvalue weighted by molar-refractivity contribution is 0.0994. The first-order chi connectivity index (χ1) is 13.1. The molecule has 1 aromatic heterocycles. The summed E-state index contributed by atoms with van der Waals surface area (Å²) in [7, 11) is 3.09. The second kappa shape index (κ2) is 8.22. The molecule has 5 nitrogen and oxygen atoms in total. The number of nitrogens with zero attached hydrogens (tertiary/aromatic N) is 2. The van der Waals surface area contributed by atoms with Crippen molar-refractivity contribution in [2.45, 2.75) is 19.9 Å². The fourth-order valence-electron chi connectivity index (χ4n) is 2.86. The SMILES string of the molecule is C=CCn1c(=NC(=O)c2cc(OC)ccc2OC)sc2cc(CC)ccc21. The number of hydrogen-bond donors (Lipinski definition) is 0. The number of aromatic nitrogens is 1. The standard InChI is InChI=1S/C21H22N2O3S/c1-5-11-23-17-9-7-14(6-2)12-19(17)27-21(23)22-20(24)16-13-15(25-3)8-10-18(16)26-4/h5,7-10,12-13H,1,6,11H2,2-4H3. The second-order valence-electron chi connectivity index (χ2n) is 5.92. The van der Waals surface area contributed by atoms with Crippen LogP contribution in [0, 0.1) is 0 Å². The van der Waals surface area contributed by atoms with Crippen molar-refractivity contribution in [1.82, 2.24) is 4.57 Å². The van der Waals surface area contributed by atoms with E-state index in [1.807, 2.05) is 4.57 Å². The minimum atomic E-state index is -0.370. The number of rotatable bonds is 6. The summed E-state index contributed by atoms with van der Waals surface area (Å²) < 4.78 is 13.6. The largest absolute Gasteiger partial charge is 0.497 e. The summed E-state index contributed by atoms with van der Waals surface area (Å²) in [6.45, 7) is 6.52. The average molecular weight is 382 g/mol. The highest BCUT2D eigenvalue weighted by Crippen LogP contribution is 2.25. The molecule has 2 aromatic carbocycles. The molecule has 0 N–H and O–H groups in total. The smallest absolute Gasteiger partial charge is 0.283 e. The Hall–Kier alpha value is -2.86. The molecule has 3 aromatic rings. The van der Waals surface area contributed by atoms with Crippen molar-refractivity contribution < 1.29 is 14.3 Å². The van der Waals surface area contributed by atoms with Crippen molar-refractivity contribution in [3.63, 3.8) is 0 Å². The lowest BCUT2D eigenvalue weighted by Gasteiger charge is -2.07. The molecule has 140 valence electrons. The van der Waals surface area contributed by atoms with Gasteiger partial charge in [-0.1, -0.05) is 30.4 Å². The Bertz CT molecular complexity index is 1060. The zero-order chi connectivity index (χ0) is 19.4. The average Bonchev–Trinajstić information content (AvgIpc) is 3.03. The van der Waals surface area contributed by atoms with Crippen LogP contribution in [0.5, 0.6) is 11.5 Å². The van der Waals surface area contributed by atoms with E-state index in [4.69, 9.17) is 9.47 Å². The van der Waals surface area contributed by atoms with Gasteiger partial charge in [0.05, 0.1) is 30.0 Å². The topological polar surface area (TPSA) is 52.8 Å². The van der Waals surface area contributed by atoms with Crippen LogP contribution in [0.2, 0.25) is 0 Å². The number of amides is 1. The molecule has 0 radical (unpaired) electrons. The van der Waals surface area contributed by atoms with E-state index >= 15 is 0 Å². The minimum absolute atomic E-state index is 0.369. The number of fused-ring (bicyclic) bond motifs is 1. The van der Waals surface area contributed by atoms with Crippen molar-refractivity contribution in [2.24, 2.45) is 4.99 Å². The van der Waals surface area contributed by atoms with Gasteiger partial charge in [-0.25, -0.2) is 0 Å². The number of carbonyl (C=O) groups excluding carboxylic acids is 1. The van der Waals surface area contributed by atoms with Crippen LogP contribution in [0.25, 0.3) is 10.2 Å². The lowest BCUT2D eigenvalue weighted by atomic mass is 10.2. The van der Waals surface area contributed by atoms with Crippen LogP contribution in [0.15, 0.2) is 54.0 Å². The van der Waals surface area contributed by atoms with E-state index in [0.29, 0.717) is 28.4 Å². The third-order valence-corrected chi connectivity index (χ3v) is 5.34. The molecule has 6 heteroatoms. The molecule has 27 heavy (non-hydrogen) atoms. The molecule has 0 aliphatic carbocycles. The van der Waals surface area contributed by atoms with Crippen LogP contribution in [-0.2, 0) is 13.0 Å². The van der Waals surface area contributed by atoms with Crippen molar-refractivity contribution in [3.05, 3.63) is 65.0 Å². The third-order valence-electron chi connectivity index (χ3n) is 4.30. The molecular formula is C21H22N2O3S. The molecule has 0 saturated heterocycles. The fraction of sp³-hybridized carbons (Fsp3) is 0.238. The first kappa shape index (κ1) is 18.9. The maximum absolute atomic E-state index is 12.9. The highest BCUT2D eigenvalue weighted by molar-refractivity contribution is 7.16. The summed E-state index contributed by atoms with van der Waals surface area (Å²) in [4.78, 5) is 17.9. The van der Waals surface area contributed by atoms with Gasteiger partial charge in [-0.15, -0.1) is 6.58 Å². The van der Waals surface area contributed by atoms with Gasteiger partial charge in [-0.05, 0) is 42.3 Å². The first-order valence-corrected chi connectivity index (χ1v) is 9.47. The van der Waals surface area contributed by atoms with Crippen molar-refractivity contribution in [2.75, 3.05) is 14.2 Å². The normalized spacial score (nSPS) is 11.6. The Morgan fingerprint density at radius 1 is 1.22 bits per heavy atom. The van der Waals surface area contributed by atoms with Crippen molar-refractivity contribution in [1.29, 1.82) is 0 Å². The molecule has 0 saturated carbocycles. The number of thiazole rings is 1. The van der Waals surface area contributed by atoms with Crippen LogP contribution in [0.1, 0.15) is 22.8 Å². The van der Waals surface area contributed by atoms with Gasteiger partial charge in [0.1, 0.15) is 11.5 Å². The zero-order valence-electron chi connectivity index (χ0n) is 15.7. The molecule has 0 fully saturated rings. The van der Waals surface area contributed by atoms with Gasteiger partial charge in [0.15, 0.2) is 4.80 Å². The number of methoxy groups -OCH3 is 2. The van der Waals surface area contributed by atoms with Gasteiger partial charge in [0, 0.05) is 6.54 Å². The lowest BCUT2D eigenvalue weighted by Crippen LogP contribution is -2.16. The molecule has 0 atom stereocenters. The Balaban J connectivity index is 2.16. The molecule has 0 bridgehead atoms. The number of carbonyl (C=O) groups is 1.